The lowest BCUT2D eigenvalue weighted by molar-refractivity contribution is 0.224. The summed E-state index contributed by atoms with van der Waals surface area (Å²) < 4.78 is 0. The van der Waals surface area contributed by atoms with Crippen LogP contribution in [0.5, 0.6) is 0 Å². The second-order valence-corrected chi connectivity index (χ2v) is 7.21. The number of hydrogen-bond donors (Lipinski definition) is 1. The van der Waals surface area contributed by atoms with Gasteiger partial charge in [0.2, 0.25) is 0 Å². The summed E-state index contributed by atoms with van der Waals surface area (Å²) in [5.74, 6) is 1.23. The molecule has 120 valence electrons. The van der Waals surface area contributed by atoms with Gasteiger partial charge in [-0.05, 0) is 55.5 Å². The molecule has 0 bridgehead atoms. The van der Waals surface area contributed by atoms with E-state index in [-0.39, 0.29) is 0 Å². The lowest BCUT2D eigenvalue weighted by atomic mass is 9.77. The van der Waals surface area contributed by atoms with Crippen molar-refractivity contribution in [3.8, 4) is 0 Å². The molecule has 0 aliphatic rings. The predicted molar refractivity (Wildman–Crippen MR) is 97.2 cm³/mol. The maximum atomic E-state index is 3.68. The molecular formula is C19H33NS. The fourth-order valence-electron chi connectivity index (χ4n) is 2.76. The van der Waals surface area contributed by atoms with E-state index in [0.29, 0.717) is 5.41 Å². The highest BCUT2D eigenvalue weighted by Gasteiger charge is 2.26. The largest absolute Gasteiger partial charge is 0.316 e. The second-order valence-electron chi connectivity index (χ2n) is 6.05. The predicted octanol–water partition coefficient (Wildman–Crippen LogP) is 5.76. The summed E-state index contributed by atoms with van der Waals surface area (Å²) in [6.45, 7) is 9.26. The molecule has 0 saturated heterocycles. The third kappa shape index (κ3) is 7.37. The minimum absolute atomic E-state index is 0.493. The Balaban J connectivity index is 2.49. The van der Waals surface area contributed by atoms with Gasteiger partial charge in [-0.3, -0.25) is 0 Å². The molecule has 0 spiro atoms. The number of unbranched alkanes of at least 4 members (excludes halogenated alkanes) is 1. The van der Waals surface area contributed by atoms with Crippen LogP contribution in [-0.2, 0) is 0 Å². The van der Waals surface area contributed by atoms with Crippen LogP contribution in [0.25, 0.3) is 0 Å². The Kier molecular flexibility index (Phi) is 9.86. The first-order chi connectivity index (χ1) is 10.3. The second kappa shape index (κ2) is 11.1. The lowest BCUT2D eigenvalue weighted by Crippen LogP contribution is -2.35. The minimum atomic E-state index is 0.493. The smallest absolute Gasteiger partial charge is 0.00719 e. The van der Waals surface area contributed by atoms with Crippen molar-refractivity contribution in [3.63, 3.8) is 0 Å². The average molecular weight is 308 g/mol. The van der Waals surface area contributed by atoms with E-state index >= 15 is 0 Å². The molecule has 2 heteroatoms. The molecule has 0 aliphatic heterocycles. The van der Waals surface area contributed by atoms with E-state index in [1.807, 2.05) is 11.8 Å². The maximum Gasteiger partial charge on any atom is 0.00719 e. The fourth-order valence-corrected chi connectivity index (χ4v) is 3.88. The Hall–Kier alpha value is -0.470. The highest BCUT2D eigenvalue weighted by molar-refractivity contribution is 7.99. The van der Waals surface area contributed by atoms with Crippen LogP contribution in [0.15, 0.2) is 35.2 Å². The highest BCUT2D eigenvalue weighted by atomic mass is 32.2. The summed E-state index contributed by atoms with van der Waals surface area (Å²) in [7, 11) is 0. The van der Waals surface area contributed by atoms with Gasteiger partial charge < -0.3 is 5.32 Å². The molecule has 0 heterocycles. The number of hydrogen-bond acceptors (Lipinski definition) is 2. The van der Waals surface area contributed by atoms with Crippen LogP contribution < -0.4 is 5.32 Å². The van der Waals surface area contributed by atoms with Crippen LogP contribution in [0.1, 0.15) is 59.3 Å². The molecule has 1 rings (SSSR count). The van der Waals surface area contributed by atoms with Gasteiger partial charge >= 0.3 is 0 Å². The summed E-state index contributed by atoms with van der Waals surface area (Å²) in [5.41, 5.74) is 0.493. The van der Waals surface area contributed by atoms with Crippen molar-refractivity contribution < 1.29 is 0 Å². The third-order valence-electron chi connectivity index (χ3n) is 4.38. The summed E-state index contributed by atoms with van der Waals surface area (Å²) in [5, 5.41) is 3.68. The van der Waals surface area contributed by atoms with E-state index in [4.69, 9.17) is 0 Å². The Morgan fingerprint density at radius 2 is 1.76 bits per heavy atom. The summed E-state index contributed by atoms with van der Waals surface area (Å²) in [4.78, 5) is 1.40. The standard InChI is InChI=1S/C19H33NS/c1-4-7-13-19(6-3,17-20-15-5-2)14-16-21-18-11-9-8-10-12-18/h8-12,20H,4-7,13-17H2,1-3H3. The topological polar surface area (TPSA) is 12.0 Å². The third-order valence-corrected chi connectivity index (χ3v) is 5.40. The van der Waals surface area contributed by atoms with Crippen molar-refractivity contribution in [2.24, 2.45) is 5.41 Å². The Morgan fingerprint density at radius 1 is 1.00 bits per heavy atom. The van der Waals surface area contributed by atoms with E-state index in [1.54, 1.807) is 0 Å². The van der Waals surface area contributed by atoms with E-state index in [0.717, 1.165) is 6.54 Å². The Morgan fingerprint density at radius 3 is 2.38 bits per heavy atom. The van der Waals surface area contributed by atoms with Crippen LogP contribution >= 0.6 is 11.8 Å². The molecule has 1 aromatic carbocycles. The van der Waals surface area contributed by atoms with E-state index < -0.39 is 0 Å². The van der Waals surface area contributed by atoms with Crippen LogP contribution in [-0.4, -0.2) is 18.8 Å². The van der Waals surface area contributed by atoms with E-state index in [2.05, 4.69) is 56.4 Å². The van der Waals surface area contributed by atoms with Crippen LogP contribution in [0.4, 0.5) is 0 Å². The van der Waals surface area contributed by atoms with Crippen molar-refractivity contribution >= 4 is 11.8 Å². The van der Waals surface area contributed by atoms with Gasteiger partial charge in [-0.2, -0.15) is 0 Å². The first-order valence-corrected chi connectivity index (χ1v) is 9.63. The van der Waals surface area contributed by atoms with Crippen molar-refractivity contribution in [1.29, 1.82) is 0 Å². The molecule has 0 saturated carbocycles. The SMILES string of the molecule is CCCCC(CC)(CCSc1ccccc1)CNCCC. The number of thioether (sulfide) groups is 1. The van der Waals surface area contributed by atoms with E-state index in [1.165, 1.54) is 55.7 Å². The van der Waals surface area contributed by atoms with Gasteiger partial charge in [0.05, 0.1) is 0 Å². The van der Waals surface area contributed by atoms with E-state index in [9.17, 15) is 0 Å². The molecule has 1 atom stereocenters. The van der Waals surface area contributed by atoms with Gasteiger partial charge in [0.1, 0.15) is 0 Å². The summed E-state index contributed by atoms with van der Waals surface area (Å²) in [6, 6.07) is 10.8. The number of rotatable bonds is 12. The van der Waals surface area contributed by atoms with Gasteiger partial charge in [0, 0.05) is 11.4 Å². The molecule has 1 nitrogen and oxygen atoms in total. The van der Waals surface area contributed by atoms with Gasteiger partial charge in [0.15, 0.2) is 0 Å². The highest BCUT2D eigenvalue weighted by Crippen LogP contribution is 2.34. The molecule has 1 unspecified atom stereocenters. The van der Waals surface area contributed by atoms with Crippen LogP contribution in [0.2, 0.25) is 0 Å². The quantitative estimate of drug-likeness (QED) is 0.389. The molecular weight excluding hydrogens is 274 g/mol. The first-order valence-electron chi connectivity index (χ1n) is 8.65. The van der Waals surface area contributed by atoms with Gasteiger partial charge in [-0.15, -0.1) is 11.8 Å². The van der Waals surface area contributed by atoms with Crippen molar-refractivity contribution in [2.75, 3.05) is 18.8 Å². The Bertz CT molecular complexity index is 352. The van der Waals surface area contributed by atoms with Crippen LogP contribution in [0, 0.1) is 5.41 Å². The number of nitrogens with one attached hydrogen (secondary N) is 1. The van der Waals surface area contributed by atoms with Gasteiger partial charge in [-0.25, -0.2) is 0 Å². The maximum absolute atomic E-state index is 3.68. The minimum Gasteiger partial charge on any atom is -0.316 e. The van der Waals surface area contributed by atoms with Gasteiger partial charge in [0.25, 0.3) is 0 Å². The summed E-state index contributed by atoms with van der Waals surface area (Å²) >= 11 is 2.01. The fraction of sp³-hybridized carbons (Fsp3) is 0.684. The molecule has 0 amide bonds. The molecule has 1 N–H and O–H groups in total. The molecule has 0 aromatic heterocycles. The van der Waals surface area contributed by atoms with Gasteiger partial charge in [-0.1, -0.05) is 51.8 Å². The zero-order valence-electron chi connectivity index (χ0n) is 14.2. The number of benzene rings is 1. The first kappa shape index (κ1) is 18.6. The summed E-state index contributed by atoms with van der Waals surface area (Å²) in [6.07, 6.45) is 7.87. The lowest BCUT2D eigenvalue weighted by Gasteiger charge is -2.33. The molecule has 0 fully saturated rings. The van der Waals surface area contributed by atoms with Crippen molar-refractivity contribution in [2.45, 2.75) is 64.2 Å². The molecule has 1 aromatic rings. The molecule has 21 heavy (non-hydrogen) atoms. The monoisotopic (exact) mass is 307 g/mol. The van der Waals surface area contributed by atoms with Crippen molar-refractivity contribution in [3.05, 3.63) is 30.3 Å². The average Bonchev–Trinajstić information content (AvgIpc) is 2.53. The zero-order chi connectivity index (χ0) is 15.4. The molecule has 0 radical (unpaired) electrons. The van der Waals surface area contributed by atoms with Crippen LogP contribution in [0.3, 0.4) is 0 Å². The zero-order valence-corrected chi connectivity index (χ0v) is 15.0. The van der Waals surface area contributed by atoms with Crippen molar-refractivity contribution in [1.82, 2.24) is 5.32 Å². The normalized spacial score (nSPS) is 14.0. The molecule has 0 aliphatic carbocycles. The Labute approximate surface area is 136 Å².